The molecule has 0 spiro atoms. The lowest BCUT2D eigenvalue weighted by atomic mass is 10.2. The number of rotatable bonds is 4. The molecule has 0 fully saturated rings. The van der Waals surface area contributed by atoms with Crippen LogP contribution in [-0.2, 0) is 4.79 Å². The predicted octanol–water partition coefficient (Wildman–Crippen LogP) is 1.35. The van der Waals surface area contributed by atoms with Crippen LogP contribution in [-0.4, -0.2) is 37.2 Å². The summed E-state index contributed by atoms with van der Waals surface area (Å²) in [5.41, 5.74) is 1.47. The van der Waals surface area contributed by atoms with Crippen molar-refractivity contribution in [3.8, 4) is 0 Å². The third kappa shape index (κ3) is 3.65. The number of hydrogen-bond donors (Lipinski definition) is 3. The number of carboxylic acids is 1. The van der Waals surface area contributed by atoms with Crippen LogP contribution >= 0.6 is 0 Å². The Morgan fingerprint density at radius 3 is 2.44 bits per heavy atom. The molecule has 6 nitrogen and oxygen atoms in total. The quantitative estimate of drug-likeness (QED) is 0.754. The van der Waals surface area contributed by atoms with Crippen LogP contribution in [0.2, 0.25) is 0 Å². The molecule has 2 amide bonds. The lowest BCUT2D eigenvalue weighted by Gasteiger charge is -2.18. The van der Waals surface area contributed by atoms with Crippen LogP contribution in [0.4, 0.5) is 16.2 Å². The number of aliphatic carboxylic acids is 1. The van der Waals surface area contributed by atoms with Gasteiger partial charge < -0.3 is 20.6 Å². The Labute approximate surface area is 106 Å². The van der Waals surface area contributed by atoms with E-state index in [2.05, 4.69) is 10.6 Å². The molecule has 0 aliphatic rings. The van der Waals surface area contributed by atoms with Crippen LogP contribution in [0.25, 0.3) is 0 Å². The standard InChI is InChI=1S/C12H17N3O3/c1-8(11(16)17)13-12(18)14-9-6-4-5-7-10(9)15(2)3/h4-8H,1-3H3,(H,16,17)(H2,13,14,18). The topological polar surface area (TPSA) is 81.7 Å². The number of para-hydroxylation sites is 2. The zero-order valence-electron chi connectivity index (χ0n) is 10.6. The second-order valence-corrected chi connectivity index (χ2v) is 4.07. The fraction of sp³-hybridized carbons (Fsp3) is 0.333. The Morgan fingerprint density at radius 1 is 1.28 bits per heavy atom. The molecule has 98 valence electrons. The number of urea groups is 1. The van der Waals surface area contributed by atoms with Gasteiger partial charge >= 0.3 is 12.0 Å². The van der Waals surface area contributed by atoms with E-state index in [1.54, 1.807) is 12.1 Å². The minimum atomic E-state index is -1.08. The van der Waals surface area contributed by atoms with Crippen molar-refractivity contribution >= 4 is 23.4 Å². The van der Waals surface area contributed by atoms with Crippen molar-refractivity contribution in [2.45, 2.75) is 13.0 Å². The van der Waals surface area contributed by atoms with E-state index in [4.69, 9.17) is 5.11 Å². The van der Waals surface area contributed by atoms with Crippen LogP contribution in [0.5, 0.6) is 0 Å². The number of anilines is 2. The van der Waals surface area contributed by atoms with Crippen molar-refractivity contribution in [2.75, 3.05) is 24.3 Å². The van der Waals surface area contributed by atoms with Gasteiger partial charge in [-0.2, -0.15) is 0 Å². The monoisotopic (exact) mass is 251 g/mol. The van der Waals surface area contributed by atoms with E-state index in [0.29, 0.717) is 5.69 Å². The highest BCUT2D eigenvalue weighted by atomic mass is 16.4. The Balaban J connectivity index is 2.73. The summed E-state index contributed by atoms with van der Waals surface area (Å²) in [6, 6.07) is 5.79. The van der Waals surface area contributed by atoms with Gasteiger partial charge in [0.2, 0.25) is 0 Å². The smallest absolute Gasteiger partial charge is 0.325 e. The van der Waals surface area contributed by atoms with Crippen molar-refractivity contribution in [1.29, 1.82) is 0 Å². The van der Waals surface area contributed by atoms with E-state index in [1.807, 2.05) is 31.1 Å². The highest BCUT2D eigenvalue weighted by Crippen LogP contribution is 2.23. The second-order valence-electron chi connectivity index (χ2n) is 4.07. The Morgan fingerprint density at radius 2 is 1.89 bits per heavy atom. The Hall–Kier alpha value is -2.24. The molecule has 0 saturated carbocycles. The van der Waals surface area contributed by atoms with Gasteiger partial charge in [0.1, 0.15) is 6.04 Å². The molecule has 6 heteroatoms. The highest BCUT2D eigenvalue weighted by molar-refractivity contribution is 5.95. The maximum absolute atomic E-state index is 11.6. The lowest BCUT2D eigenvalue weighted by Crippen LogP contribution is -2.41. The summed E-state index contributed by atoms with van der Waals surface area (Å²) in [5, 5.41) is 13.6. The maximum atomic E-state index is 11.6. The lowest BCUT2D eigenvalue weighted by molar-refractivity contribution is -0.138. The van der Waals surface area contributed by atoms with Crippen LogP contribution < -0.4 is 15.5 Å². The number of nitrogens with zero attached hydrogens (tertiary/aromatic N) is 1. The summed E-state index contributed by atoms with van der Waals surface area (Å²) in [4.78, 5) is 24.1. The number of carbonyl (C=O) groups is 2. The third-order valence-corrected chi connectivity index (χ3v) is 2.35. The first-order valence-corrected chi connectivity index (χ1v) is 5.48. The van der Waals surface area contributed by atoms with E-state index in [0.717, 1.165) is 5.69 Å². The number of nitrogens with one attached hydrogen (secondary N) is 2. The third-order valence-electron chi connectivity index (χ3n) is 2.35. The summed E-state index contributed by atoms with van der Waals surface area (Å²) in [5.74, 6) is -1.08. The van der Waals surface area contributed by atoms with Crippen LogP contribution in [0, 0.1) is 0 Å². The first-order valence-electron chi connectivity index (χ1n) is 5.48. The summed E-state index contributed by atoms with van der Waals surface area (Å²) in [6.45, 7) is 1.40. The SMILES string of the molecule is CC(NC(=O)Nc1ccccc1N(C)C)C(=O)O. The van der Waals surface area contributed by atoms with Crippen LogP contribution in [0.15, 0.2) is 24.3 Å². The minimum Gasteiger partial charge on any atom is -0.480 e. The fourth-order valence-electron chi connectivity index (χ4n) is 1.39. The highest BCUT2D eigenvalue weighted by Gasteiger charge is 2.14. The Kier molecular flexibility index (Phi) is 4.53. The van der Waals surface area contributed by atoms with Gasteiger partial charge in [-0.25, -0.2) is 4.79 Å². The van der Waals surface area contributed by atoms with Crippen molar-refractivity contribution in [3.05, 3.63) is 24.3 Å². The van der Waals surface area contributed by atoms with E-state index in [-0.39, 0.29) is 0 Å². The molecule has 0 aliphatic carbocycles. The van der Waals surface area contributed by atoms with Gasteiger partial charge in [0.25, 0.3) is 0 Å². The summed E-state index contributed by atoms with van der Waals surface area (Å²) < 4.78 is 0. The maximum Gasteiger partial charge on any atom is 0.325 e. The molecule has 1 unspecified atom stereocenters. The Bertz CT molecular complexity index is 446. The second kappa shape index (κ2) is 5.90. The summed E-state index contributed by atoms with van der Waals surface area (Å²) >= 11 is 0. The number of benzene rings is 1. The van der Waals surface area contributed by atoms with Gasteiger partial charge in [-0.1, -0.05) is 12.1 Å². The minimum absolute atomic E-state index is 0.542. The van der Waals surface area contributed by atoms with Crippen LogP contribution in [0.1, 0.15) is 6.92 Å². The molecule has 1 atom stereocenters. The molecule has 0 bridgehead atoms. The average molecular weight is 251 g/mol. The summed E-state index contributed by atoms with van der Waals surface area (Å²) in [7, 11) is 3.72. The van der Waals surface area contributed by atoms with Crippen molar-refractivity contribution in [1.82, 2.24) is 5.32 Å². The van der Waals surface area contributed by atoms with E-state index in [1.165, 1.54) is 6.92 Å². The molecule has 0 radical (unpaired) electrons. The van der Waals surface area contributed by atoms with Gasteiger partial charge in [-0.3, -0.25) is 4.79 Å². The average Bonchev–Trinajstić information content (AvgIpc) is 2.28. The molecule has 0 saturated heterocycles. The van der Waals surface area contributed by atoms with Crippen molar-refractivity contribution in [2.24, 2.45) is 0 Å². The molecule has 18 heavy (non-hydrogen) atoms. The molecule has 0 aromatic heterocycles. The summed E-state index contributed by atoms with van der Waals surface area (Å²) in [6.07, 6.45) is 0. The molecular formula is C12H17N3O3. The number of carboxylic acid groups (broad SMARTS) is 1. The normalized spacial score (nSPS) is 11.5. The fourth-order valence-corrected chi connectivity index (χ4v) is 1.39. The first-order chi connectivity index (χ1) is 8.41. The molecule has 1 aromatic carbocycles. The van der Waals surface area contributed by atoms with E-state index >= 15 is 0 Å². The first kappa shape index (κ1) is 13.8. The number of hydrogen-bond acceptors (Lipinski definition) is 3. The van der Waals surface area contributed by atoms with Gasteiger partial charge in [0.05, 0.1) is 11.4 Å². The predicted molar refractivity (Wildman–Crippen MR) is 70.0 cm³/mol. The van der Waals surface area contributed by atoms with Crippen molar-refractivity contribution < 1.29 is 14.7 Å². The molecule has 1 rings (SSSR count). The van der Waals surface area contributed by atoms with Gasteiger partial charge in [0, 0.05) is 14.1 Å². The molecule has 1 aromatic rings. The van der Waals surface area contributed by atoms with Crippen LogP contribution in [0.3, 0.4) is 0 Å². The van der Waals surface area contributed by atoms with E-state index in [9.17, 15) is 9.59 Å². The number of carbonyl (C=O) groups excluding carboxylic acids is 1. The van der Waals surface area contributed by atoms with E-state index < -0.39 is 18.0 Å². The van der Waals surface area contributed by atoms with Gasteiger partial charge in [-0.15, -0.1) is 0 Å². The molecule has 3 N–H and O–H groups in total. The largest absolute Gasteiger partial charge is 0.480 e. The van der Waals surface area contributed by atoms with Crippen molar-refractivity contribution in [3.63, 3.8) is 0 Å². The van der Waals surface area contributed by atoms with Gasteiger partial charge in [-0.05, 0) is 19.1 Å². The molecular weight excluding hydrogens is 234 g/mol. The zero-order chi connectivity index (χ0) is 13.7. The molecule has 0 aliphatic heterocycles. The molecule has 0 heterocycles. The van der Waals surface area contributed by atoms with Gasteiger partial charge in [0.15, 0.2) is 0 Å². The zero-order valence-corrected chi connectivity index (χ0v) is 10.6. The number of amides is 2.